The maximum atomic E-state index is 8.92. The molecule has 2 nitrogen and oxygen atoms in total. The Balaban J connectivity index is 2.25. The maximum absolute atomic E-state index is 8.92. The van der Waals surface area contributed by atoms with Crippen molar-refractivity contribution >= 4 is 11.6 Å². The van der Waals surface area contributed by atoms with Crippen LogP contribution in [0.25, 0.3) is 0 Å². The van der Waals surface area contributed by atoms with Crippen LogP contribution in [0.4, 0.5) is 0 Å². The number of ether oxygens (including phenoxy) is 1. The topological polar surface area (TPSA) is 29.5 Å². The molecule has 1 heterocycles. The summed E-state index contributed by atoms with van der Waals surface area (Å²) in [4.78, 5) is 0. The SMILES string of the molecule is OCC1=C[C@H](c2ccccc2Cl)OC1. The molecule has 0 saturated heterocycles. The highest BCUT2D eigenvalue weighted by atomic mass is 35.5. The highest BCUT2D eigenvalue weighted by Gasteiger charge is 2.19. The van der Waals surface area contributed by atoms with E-state index in [-0.39, 0.29) is 12.7 Å². The zero-order valence-electron chi connectivity index (χ0n) is 7.61. The molecular weight excluding hydrogens is 200 g/mol. The van der Waals surface area contributed by atoms with E-state index in [9.17, 15) is 0 Å². The van der Waals surface area contributed by atoms with Gasteiger partial charge < -0.3 is 9.84 Å². The summed E-state index contributed by atoms with van der Waals surface area (Å²) in [5, 5.41) is 9.62. The molecule has 0 saturated carbocycles. The second-order valence-electron chi connectivity index (χ2n) is 3.24. The summed E-state index contributed by atoms with van der Waals surface area (Å²) in [6.45, 7) is 0.549. The summed E-state index contributed by atoms with van der Waals surface area (Å²) < 4.78 is 5.49. The standard InChI is InChI=1S/C11H11ClO2/c12-10-4-2-1-3-9(10)11-5-8(6-13)7-14-11/h1-5,11,13H,6-7H2/t11-/m1/s1. The lowest BCUT2D eigenvalue weighted by Crippen LogP contribution is -1.96. The van der Waals surface area contributed by atoms with Gasteiger partial charge in [-0.1, -0.05) is 29.8 Å². The number of aliphatic hydroxyl groups is 1. The highest BCUT2D eigenvalue weighted by molar-refractivity contribution is 6.31. The van der Waals surface area contributed by atoms with Gasteiger partial charge in [0.1, 0.15) is 6.10 Å². The van der Waals surface area contributed by atoms with E-state index in [4.69, 9.17) is 21.4 Å². The Kier molecular flexibility index (Phi) is 2.87. The predicted molar refractivity (Wildman–Crippen MR) is 55.3 cm³/mol. The molecule has 0 radical (unpaired) electrons. The maximum Gasteiger partial charge on any atom is 0.103 e. The highest BCUT2D eigenvalue weighted by Crippen LogP contribution is 2.31. The minimum Gasteiger partial charge on any atom is -0.392 e. The third kappa shape index (κ3) is 1.82. The van der Waals surface area contributed by atoms with Gasteiger partial charge >= 0.3 is 0 Å². The number of rotatable bonds is 2. The number of hydrogen-bond donors (Lipinski definition) is 1. The normalized spacial score (nSPS) is 21.0. The molecule has 1 aromatic rings. The molecule has 0 unspecified atom stereocenters. The molecule has 2 rings (SSSR count). The second kappa shape index (κ2) is 4.13. The molecule has 14 heavy (non-hydrogen) atoms. The van der Waals surface area contributed by atoms with Gasteiger partial charge in [-0.25, -0.2) is 0 Å². The van der Waals surface area contributed by atoms with Gasteiger partial charge in [0.05, 0.1) is 13.2 Å². The Bertz CT molecular complexity index is 360. The first-order valence-corrected chi connectivity index (χ1v) is 4.85. The molecule has 3 heteroatoms. The Hall–Kier alpha value is -0.830. The third-order valence-corrected chi connectivity index (χ3v) is 2.59. The van der Waals surface area contributed by atoms with Gasteiger partial charge in [-0.15, -0.1) is 0 Å². The molecule has 1 atom stereocenters. The minimum atomic E-state index is -0.106. The summed E-state index contributed by atoms with van der Waals surface area (Å²) in [6.07, 6.45) is 1.81. The van der Waals surface area contributed by atoms with Crippen molar-refractivity contribution in [1.82, 2.24) is 0 Å². The number of aliphatic hydroxyl groups excluding tert-OH is 1. The van der Waals surface area contributed by atoms with Gasteiger partial charge in [0.15, 0.2) is 0 Å². The van der Waals surface area contributed by atoms with Crippen LogP contribution in [0.2, 0.25) is 5.02 Å². The Labute approximate surface area is 87.8 Å². The van der Waals surface area contributed by atoms with Crippen molar-refractivity contribution in [2.75, 3.05) is 13.2 Å². The molecule has 1 aliphatic heterocycles. The number of halogens is 1. The van der Waals surface area contributed by atoms with Gasteiger partial charge in [0.2, 0.25) is 0 Å². The van der Waals surface area contributed by atoms with Crippen molar-refractivity contribution in [2.24, 2.45) is 0 Å². The van der Waals surface area contributed by atoms with Crippen LogP contribution < -0.4 is 0 Å². The first-order chi connectivity index (χ1) is 6.81. The number of benzene rings is 1. The van der Waals surface area contributed by atoms with Gasteiger partial charge in [0, 0.05) is 10.6 Å². The van der Waals surface area contributed by atoms with Crippen LogP contribution in [-0.4, -0.2) is 18.3 Å². The van der Waals surface area contributed by atoms with Crippen LogP contribution >= 0.6 is 11.6 Å². The minimum absolute atomic E-state index is 0.0565. The lowest BCUT2D eigenvalue weighted by molar-refractivity contribution is 0.123. The first-order valence-electron chi connectivity index (χ1n) is 4.47. The van der Waals surface area contributed by atoms with Gasteiger partial charge in [0.25, 0.3) is 0 Å². The second-order valence-corrected chi connectivity index (χ2v) is 3.64. The quantitative estimate of drug-likeness (QED) is 0.760. The fourth-order valence-electron chi connectivity index (χ4n) is 1.49. The third-order valence-electron chi connectivity index (χ3n) is 2.25. The van der Waals surface area contributed by atoms with Crippen LogP contribution in [0.3, 0.4) is 0 Å². The molecule has 74 valence electrons. The van der Waals surface area contributed by atoms with Crippen LogP contribution in [0, 0.1) is 0 Å². The zero-order chi connectivity index (χ0) is 9.97. The molecule has 0 amide bonds. The van der Waals surface area contributed by atoms with Crippen molar-refractivity contribution in [2.45, 2.75) is 6.10 Å². The first kappa shape index (κ1) is 9.71. The Morgan fingerprint density at radius 2 is 2.21 bits per heavy atom. The van der Waals surface area contributed by atoms with E-state index < -0.39 is 0 Å². The van der Waals surface area contributed by atoms with E-state index in [2.05, 4.69) is 0 Å². The van der Waals surface area contributed by atoms with Gasteiger partial charge in [-0.05, 0) is 17.7 Å². The van der Waals surface area contributed by atoms with E-state index in [0.29, 0.717) is 11.6 Å². The fourth-order valence-corrected chi connectivity index (χ4v) is 1.73. The zero-order valence-corrected chi connectivity index (χ0v) is 8.37. The van der Waals surface area contributed by atoms with Gasteiger partial charge in [-0.2, -0.15) is 0 Å². The monoisotopic (exact) mass is 210 g/mol. The fraction of sp³-hybridized carbons (Fsp3) is 0.273. The number of hydrogen-bond acceptors (Lipinski definition) is 2. The molecule has 0 fully saturated rings. The Morgan fingerprint density at radius 3 is 2.86 bits per heavy atom. The smallest absolute Gasteiger partial charge is 0.103 e. The Morgan fingerprint density at radius 1 is 1.43 bits per heavy atom. The molecule has 1 aromatic carbocycles. The summed E-state index contributed by atoms with van der Waals surface area (Å²) >= 11 is 6.02. The van der Waals surface area contributed by atoms with E-state index >= 15 is 0 Å². The summed E-state index contributed by atoms with van der Waals surface area (Å²) in [6, 6.07) is 7.58. The van der Waals surface area contributed by atoms with E-state index in [1.165, 1.54) is 0 Å². The lowest BCUT2D eigenvalue weighted by Gasteiger charge is -2.09. The molecule has 0 aliphatic carbocycles. The van der Waals surface area contributed by atoms with Gasteiger partial charge in [-0.3, -0.25) is 0 Å². The molecule has 0 aromatic heterocycles. The van der Waals surface area contributed by atoms with Crippen molar-refractivity contribution in [3.8, 4) is 0 Å². The molecule has 0 spiro atoms. The largest absolute Gasteiger partial charge is 0.392 e. The average molecular weight is 211 g/mol. The average Bonchev–Trinajstić information content (AvgIpc) is 2.67. The van der Waals surface area contributed by atoms with Crippen LogP contribution in [0.5, 0.6) is 0 Å². The van der Waals surface area contributed by atoms with Crippen LogP contribution in [0.1, 0.15) is 11.7 Å². The van der Waals surface area contributed by atoms with E-state index in [0.717, 1.165) is 11.1 Å². The predicted octanol–water partition coefficient (Wildman–Crippen LogP) is 2.33. The van der Waals surface area contributed by atoms with Crippen molar-refractivity contribution in [3.63, 3.8) is 0 Å². The van der Waals surface area contributed by atoms with E-state index in [1.54, 1.807) is 0 Å². The lowest BCUT2D eigenvalue weighted by atomic mass is 10.1. The van der Waals surface area contributed by atoms with E-state index in [1.807, 2.05) is 30.3 Å². The molecule has 1 aliphatic rings. The molecular formula is C11H11ClO2. The van der Waals surface area contributed by atoms with Crippen LogP contribution in [0.15, 0.2) is 35.9 Å². The van der Waals surface area contributed by atoms with Crippen LogP contribution in [-0.2, 0) is 4.74 Å². The molecule has 0 bridgehead atoms. The summed E-state index contributed by atoms with van der Waals surface area (Å²) in [5.41, 5.74) is 1.87. The van der Waals surface area contributed by atoms with Crippen molar-refractivity contribution < 1.29 is 9.84 Å². The summed E-state index contributed by atoms with van der Waals surface area (Å²) in [5.74, 6) is 0. The van der Waals surface area contributed by atoms with Crippen molar-refractivity contribution in [1.29, 1.82) is 0 Å². The van der Waals surface area contributed by atoms with Crippen molar-refractivity contribution in [3.05, 3.63) is 46.5 Å². The molecule has 1 N–H and O–H groups in total. The summed E-state index contributed by atoms with van der Waals surface area (Å²) in [7, 11) is 0.